The molecule has 1 aromatic heterocycles. The van der Waals surface area contributed by atoms with Crippen LogP contribution in [0.5, 0.6) is 0 Å². The second-order valence-corrected chi connectivity index (χ2v) is 5.50. The lowest BCUT2D eigenvalue weighted by Gasteiger charge is -2.25. The Labute approximate surface area is 97.6 Å². The highest BCUT2D eigenvalue weighted by Crippen LogP contribution is 2.48. The summed E-state index contributed by atoms with van der Waals surface area (Å²) in [5, 5.41) is 7.67. The number of hydrogen-bond acceptors (Lipinski definition) is 3. The van der Waals surface area contributed by atoms with Crippen LogP contribution in [0, 0.1) is 19.3 Å². The second-order valence-electron chi connectivity index (χ2n) is 5.50. The summed E-state index contributed by atoms with van der Waals surface area (Å²) in [5.41, 5.74) is 2.73. The van der Waals surface area contributed by atoms with Gasteiger partial charge in [0.2, 0.25) is 0 Å². The van der Waals surface area contributed by atoms with Gasteiger partial charge in [-0.1, -0.05) is 12.1 Å². The van der Waals surface area contributed by atoms with Gasteiger partial charge in [0, 0.05) is 17.6 Å². The number of aryl methyl sites for hydroxylation is 2. The summed E-state index contributed by atoms with van der Waals surface area (Å²) in [4.78, 5) is 0. The van der Waals surface area contributed by atoms with Crippen molar-refractivity contribution in [1.29, 1.82) is 0 Å². The maximum absolute atomic E-state index is 5.21. The Morgan fingerprint density at radius 1 is 1.31 bits per heavy atom. The summed E-state index contributed by atoms with van der Waals surface area (Å²) >= 11 is 0. The van der Waals surface area contributed by atoms with E-state index in [9.17, 15) is 0 Å². The molecule has 0 saturated heterocycles. The number of rotatable bonds is 4. The Balaban J connectivity index is 2.05. The third-order valence-electron chi connectivity index (χ3n) is 4.11. The van der Waals surface area contributed by atoms with E-state index in [4.69, 9.17) is 4.52 Å². The molecule has 0 amide bonds. The first-order chi connectivity index (χ1) is 7.44. The van der Waals surface area contributed by atoms with Crippen LogP contribution in [0.4, 0.5) is 0 Å². The monoisotopic (exact) mass is 222 g/mol. The summed E-state index contributed by atoms with van der Waals surface area (Å²) in [7, 11) is 0. The van der Waals surface area contributed by atoms with Crippen molar-refractivity contribution >= 4 is 0 Å². The third kappa shape index (κ3) is 2.01. The molecule has 0 aliphatic heterocycles. The molecule has 2 unspecified atom stereocenters. The number of nitrogens with zero attached hydrogens (tertiary/aromatic N) is 1. The van der Waals surface area contributed by atoms with Gasteiger partial charge in [-0.15, -0.1) is 0 Å². The minimum Gasteiger partial charge on any atom is -0.361 e. The molecule has 3 heteroatoms. The van der Waals surface area contributed by atoms with Gasteiger partial charge in [-0.05, 0) is 46.0 Å². The highest BCUT2D eigenvalue weighted by atomic mass is 16.5. The van der Waals surface area contributed by atoms with Gasteiger partial charge >= 0.3 is 0 Å². The first kappa shape index (κ1) is 11.6. The molecule has 1 N–H and O–H groups in total. The van der Waals surface area contributed by atoms with E-state index in [1.807, 2.05) is 13.8 Å². The molecule has 1 aliphatic rings. The highest BCUT2D eigenvalue weighted by molar-refractivity contribution is 5.24. The predicted molar refractivity (Wildman–Crippen MR) is 64.3 cm³/mol. The van der Waals surface area contributed by atoms with Crippen LogP contribution in [0.25, 0.3) is 0 Å². The zero-order valence-corrected chi connectivity index (χ0v) is 10.9. The van der Waals surface area contributed by atoms with Crippen molar-refractivity contribution in [3.63, 3.8) is 0 Å². The Hall–Kier alpha value is -0.830. The van der Waals surface area contributed by atoms with Crippen molar-refractivity contribution in [3.8, 4) is 0 Å². The standard InChI is InChI=1S/C13H22N2O/c1-8(12-9(2)15-16-10(12)3)14-11(4)13(5)6-7-13/h8,11,14H,6-7H2,1-5H3. The van der Waals surface area contributed by atoms with E-state index < -0.39 is 0 Å². The second kappa shape index (κ2) is 3.88. The quantitative estimate of drug-likeness (QED) is 0.850. The summed E-state index contributed by atoms with van der Waals surface area (Å²) in [6.07, 6.45) is 2.69. The molecule has 2 rings (SSSR count). The average Bonchev–Trinajstić information content (AvgIpc) is 2.86. The zero-order valence-electron chi connectivity index (χ0n) is 10.9. The van der Waals surface area contributed by atoms with Crippen LogP contribution in [0.3, 0.4) is 0 Å². The van der Waals surface area contributed by atoms with Crippen molar-refractivity contribution < 1.29 is 4.52 Å². The lowest BCUT2D eigenvalue weighted by molar-refractivity contribution is 0.346. The lowest BCUT2D eigenvalue weighted by atomic mass is 9.98. The molecule has 0 radical (unpaired) electrons. The van der Waals surface area contributed by atoms with E-state index in [0.717, 1.165) is 11.5 Å². The fraction of sp³-hybridized carbons (Fsp3) is 0.769. The topological polar surface area (TPSA) is 38.1 Å². The summed E-state index contributed by atoms with van der Waals surface area (Å²) < 4.78 is 5.21. The maximum atomic E-state index is 5.21. The van der Waals surface area contributed by atoms with Crippen LogP contribution in [0.1, 0.15) is 56.7 Å². The molecule has 1 aromatic rings. The van der Waals surface area contributed by atoms with Gasteiger partial charge in [0.25, 0.3) is 0 Å². The molecule has 1 saturated carbocycles. The predicted octanol–water partition coefficient (Wildman–Crippen LogP) is 3.13. The van der Waals surface area contributed by atoms with Crippen LogP contribution in [0.2, 0.25) is 0 Å². The van der Waals surface area contributed by atoms with E-state index in [0.29, 0.717) is 17.5 Å². The van der Waals surface area contributed by atoms with Gasteiger partial charge in [-0.2, -0.15) is 0 Å². The van der Waals surface area contributed by atoms with Gasteiger partial charge in [0.05, 0.1) is 5.69 Å². The Kier molecular flexibility index (Phi) is 2.82. The van der Waals surface area contributed by atoms with Gasteiger partial charge in [-0.3, -0.25) is 0 Å². The molecule has 90 valence electrons. The number of hydrogen-bond donors (Lipinski definition) is 1. The van der Waals surface area contributed by atoms with E-state index in [-0.39, 0.29) is 0 Å². The van der Waals surface area contributed by atoms with Gasteiger partial charge in [0.1, 0.15) is 5.76 Å². The minimum absolute atomic E-state index is 0.318. The van der Waals surface area contributed by atoms with E-state index in [1.165, 1.54) is 18.4 Å². The fourth-order valence-corrected chi connectivity index (χ4v) is 2.40. The molecule has 1 aliphatic carbocycles. The Bertz CT molecular complexity index is 360. The normalized spacial score (nSPS) is 21.8. The van der Waals surface area contributed by atoms with Crippen molar-refractivity contribution in [2.45, 2.75) is 59.5 Å². The number of aromatic nitrogens is 1. The van der Waals surface area contributed by atoms with E-state index in [1.54, 1.807) is 0 Å². The first-order valence-corrected chi connectivity index (χ1v) is 6.13. The lowest BCUT2D eigenvalue weighted by Crippen LogP contribution is -2.35. The average molecular weight is 222 g/mol. The largest absolute Gasteiger partial charge is 0.361 e. The molecule has 1 heterocycles. The molecular formula is C13H22N2O. The van der Waals surface area contributed by atoms with Gasteiger partial charge in [0.15, 0.2) is 0 Å². The Morgan fingerprint density at radius 2 is 1.94 bits per heavy atom. The summed E-state index contributed by atoms with van der Waals surface area (Å²) in [6, 6.07) is 0.870. The van der Waals surface area contributed by atoms with E-state index in [2.05, 4.69) is 31.2 Å². The minimum atomic E-state index is 0.318. The molecule has 0 spiro atoms. The van der Waals surface area contributed by atoms with Crippen molar-refractivity contribution in [2.24, 2.45) is 5.41 Å². The molecule has 0 aromatic carbocycles. The first-order valence-electron chi connectivity index (χ1n) is 6.13. The van der Waals surface area contributed by atoms with E-state index >= 15 is 0 Å². The smallest absolute Gasteiger partial charge is 0.138 e. The highest BCUT2D eigenvalue weighted by Gasteiger charge is 2.42. The van der Waals surface area contributed by atoms with Crippen LogP contribution >= 0.6 is 0 Å². The van der Waals surface area contributed by atoms with Crippen LogP contribution in [-0.2, 0) is 0 Å². The zero-order chi connectivity index (χ0) is 11.9. The van der Waals surface area contributed by atoms with Crippen molar-refractivity contribution in [2.75, 3.05) is 0 Å². The molecular weight excluding hydrogens is 200 g/mol. The molecule has 2 atom stereocenters. The summed E-state index contributed by atoms with van der Waals surface area (Å²) in [5.74, 6) is 0.936. The number of nitrogens with one attached hydrogen (secondary N) is 1. The molecule has 3 nitrogen and oxygen atoms in total. The van der Waals surface area contributed by atoms with Crippen LogP contribution < -0.4 is 5.32 Å². The van der Waals surface area contributed by atoms with Crippen LogP contribution in [0.15, 0.2) is 4.52 Å². The van der Waals surface area contributed by atoms with Crippen LogP contribution in [-0.4, -0.2) is 11.2 Å². The fourth-order valence-electron chi connectivity index (χ4n) is 2.40. The summed E-state index contributed by atoms with van der Waals surface area (Å²) in [6.45, 7) is 10.8. The van der Waals surface area contributed by atoms with Gasteiger partial charge in [-0.25, -0.2) is 0 Å². The molecule has 1 fully saturated rings. The van der Waals surface area contributed by atoms with Crippen molar-refractivity contribution in [1.82, 2.24) is 10.5 Å². The Morgan fingerprint density at radius 3 is 2.38 bits per heavy atom. The van der Waals surface area contributed by atoms with Crippen molar-refractivity contribution in [3.05, 3.63) is 17.0 Å². The molecule has 0 bridgehead atoms. The van der Waals surface area contributed by atoms with Gasteiger partial charge < -0.3 is 9.84 Å². The molecule has 16 heavy (non-hydrogen) atoms. The maximum Gasteiger partial charge on any atom is 0.138 e. The SMILES string of the molecule is Cc1noc(C)c1C(C)NC(C)C1(C)CC1. The third-order valence-corrected chi connectivity index (χ3v) is 4.11.